The van der Waals surface area contributed by atoms with E-state index in [2.05, 4.69) is 20.6 Å². The SMILES string of the molecule is Cn1ncc(C#N)c1NC(=O)c1[nH]ncc1I. The number of carbonyl (C=O) groups is 1. The number of rotatable bonds is 2. The van der Waals surface area contributed by atoms with E-state index in [1.54, 1.807) is 13.2 Å². The van der Waals surface area contributed by atoms with Gasteiger partial charge in [-0.25, -0.2) is 0 Å². The fourth-order valence-corrected chi connectivity index (χ4v) is 1.77. The smallest absolute Gasteiger partial charge is 0.275 e. The fraction of sp³-hybridized carbons (Fsp3) is 0.111. The number of H-pyrrole nitrogens is 1. The number of hydrogen-bond donors (Lipinski definition) is 2. The molecule has 0 aliphatic heterocycles. The highest BCUT2D eigenvalue weighted by atomic mass is 127. The van der Waals surface area contributed by atoms with Crippen LogP contribution in [0.1, 0.15) is 16.1 Å². The van der Waals surface area contributed by atoms with Crippen LogP contribution in [0.4, 0.5) is 5.82 Å². The predicted octanol–water partition coefficient (Wildman–Crippen LogP) is 0.872. The van der Waals surface area contributed by atoms with Crippen LogP contribution in [0.2, 0.25) is 0 Å². The highest BCUT2D eigenvalue weighted by Gasteiger charge is 2.16. The summed E-state index contributed by atoms with van der Waals surface area (Å²) in [5.41, 5.74) is 0.672. The summed E-state index contributed by atoms with van der Waals surface area (Å²) in [6, 6.07) is 1.96. The number of carbonyl (C=O) groups excluding carboxylic acids is 1. The van der Waals surface area contributed by atoms with Crippen molar-refractivity contribution in [3.63, 3.8) is 0 Å². The molecule has 0 aliphatic rings. The molecule has 0 spiro atoms. The van der Waals surface area contributed by atoms with Gasteiger partial charge in [0.2, 0.25) is 0 Å². The number of nitrogens with one attached hydrogen (secondary N) is 2. The lowest BCUT2D eigenvalue weighted by Gasteiger charge is -2.04. The standard InChI is InChI=1S/C9H7IN6O/c1-16-8(5(2-11)3-13-16)14-9(17)7-6(10)4-12-15-7/h3-4H,1H3,(H,12,15)(H,14,17). The molecule has 0 saturated carbocycles. The summed E-state index contributed by atoms with van der Waals surface area (Å²) in [6.45, 7) is 0. The van der Waals surface area contributed by atoms with Crippen LogP contribution in [0.3, 0.4) is 0 Å². The Morgan fingerprint density at radius 2 is 2.41 bits per heavy atom. The summed E-state index contributed by atoms with van der Waals surface area (Å²) in [5.74, 6) is 0.00917. The van der Waals surface area contributed by atoms with Crippen LogP contribution in [0.15, 0.2) is 12.4 Å². The van der Waals surface area contributed by atoms with Crippen molar-refractivity contribution in [1.29, 1.82) is 5.26 Å². The number of aryl methyl sites for hydroxylation is 1. The first-order chi connectivity index (χ1) is 8.13. The first-order valence-electron chi connectivity index (χ1n) is 4.55. The van der Waals surface area contributed by atoms with Crippen molar-refractivity contribution < 1.29 is 4.79 Å². The van der Waals surface area contributed by atoms with Crippen molar-refractivity contribution in [3.8, 4) is 6.07 Å². The minimum atomic E-state index is -0.355. The molecule has 8 heteroatoms. The molecule has 17 heavy (non-hydrogen) atoms. The number of anilines is 1. The Hall–Kier alpha value is -1.89. The lowest BCUT2D eigenvalue weighted by Crippen LogP contribution is -2.16. The third kappa shape index (κ3) is 2.14. The Labute approximate surface area is 110 Å². The van der Waals surface area contributed by atoms with Gasteiger partial charge in [-0.3, -0.25) is 14.6 Å². The number of nitrogens with zero attached hydrogens (tertiary/aromatic N) is 4. The Kier molecular flexibility index (Phi) is 3.10. The number of aromatic amines is 1. The second-order valence-electron chi connectivity index (χ2n) is 3.19. The maximum absolute atomic E-state index is 11.9. The van der Waals surface area contributed by atoms with Gasteiger partial charge >= 0.3 is 0 Å². The molecule has 1 amide bonds. The number of amides is 1. The zero-order chi connectivity index (χ0) is 12.4. The Morgan fingerprint density at radius 3 is 3.00 bits per heavy atom. The first kappa shape index (κ1) is 11.6. The molecule has 2 rings (SSSR count). The Bertz CT molecular complexity index is 607. The number of hydrogen-bond acceptors (Lipinski definition) is 4. The number of halogens is 1. The van der Waals surface area contributed by atoms with Crippen LogP contribution in [0.5, 0.6) is 0 Å². The monoisotopic (exact) mass is 342 g/mol. The van der Waals surface area contributed by atoms with E-state index >= 15 is 0 Å². The first-order valence-corrected chi connectivity index (χ1v) is 5.63. The summed E-state index contributed by atoms with van der Waals surface area (Å²) >= 11 is 2.00. The molecule has 2 N–H and O–H groups in total. The highest BCUT2D eigenvalue weighted by molar-refractivity contribution is 14.1. The second-order valence-corrected chi connectivity index (χ2v) is 4.35. The summed E-state index contributed by atoms with van der Waals surface area (Å²) in [6.07, 6.45) is 2.94. The van der Waals surface area contributed by atoms with Crippen molar-refractivity contribution in [2.45, 2.75) is 0 Å². The van der Waals surface area contributed by atoms with Crippen LogP contribution >= 0.6 is 22.6 Å². The van der Waals surface area contributed by atoms with Gasteiger partial charge in [-0.1, -0.05) is 0 Å². The molecule has 0 bridgehead atoms. The van der Waals surface area contributed by atoms with Crippen LogP contribution in [0.25, 0.3) is 0 Å². The van der Waals surface area contributed by atoms with Crippen molar-refractivity contribution in [2.75, 3.05) is 5.32 Å². The second kappa shape index (κ2) is 4.54. The minimum absolute atomic E-state index is 0.315. The van der Waals surface area contributed by atoms with Gasteiger partial charge < -0.3 is 5.32 Å². The molecular weight excluding hydrogens is 335 g/mol. The molecule has 0 fully saturated rings. The minimum Gasteiger partial charge on any atom is -0.304 e. The van der Waals surface area contributed by atoms with Crippen LogP contribution in [-0.2, 0) is 7.05 Å². The zero-order valence-corrected chi connectivity index (χ0v) is 10.9. The molecule has 86 valence electrons. The van der Waals surface area contributed by atoms with Gasteiger partial charge in [0.15, 0.2) is 0 Å². The van der Waals surface area contributed by atoms with E-state index in [4.69, 9.17) is 5.26 Å². The third-order valence-electron chi connectivity index (χ3n) is 2.11. The normalized spacial score (nSPS) is 9.94. The Morgan fingerprint density at radius 1 is 1.65 bits per heavy atom. The summed E-state index contributed by atoms with van der Waals surface area (Å²) in [4.78, 5) is 11.9. The van der Waals surface area contributed by atoms with Crippen molar-refractivity contribution in [2.24, 2.45) is 7.05 Å². The maximum Gasteiger partial charge on any atom is 0.275 e. The van der Waals surface area contributed by atoms with Gasteiger partial charge in [-0.2, -0.15) is 15.5 Å². The zero-order valence-electron chi connectivity index (χ0n) is 8.73. The van der Waals surface area contributed by atoms with E-state index < -0.39 is 0 Å². The van der Waals surface area contributed by atoms with Gasteiger partial charge in [-0.05, 0) is 22.6 Å². The van der Waals surface area contributed by atoms with Crippen LogP contribution in [0, 0.1) is 14.9 Å². The average Bonchev–Trinajstić information content (AvgIpc) is 2.87. The predicted molar refractivity (Wildman–Crippen MR) is 67.2 cm³/mol. The molecule has 0 aromatic carbocycles. The molecule has 0 unspecified atom stereocenters. The van der Waals surface area contributed by atoms with E-state index in [-0.39, 0.29) is 5.91 Å². The van der Waals surface area contributed by atoms with Crippen LogP contribution in [-0.4, -0.2) is 25.9 Å². The van der Waals surface area contributed by atoms with Crippen molar-refractivity contribution in [3.05, 3.63) is 27.2 Å². The van der Waals surface area contributed by atoms with Gasteiger partial charge in [0.1, 0.15) is 23.1 Å². The lowest BCUT2D eigenvalue weighted by atomic mass is 10.3. The van der Waals surface area contributed by atoms with Gasteiger partial charge in [0, 0.05) is 7.05 Å². The fourth-order valence-electron chi connectivity index (χ4n) is 1.27. The molecule has 0 aliphatic carbocycles. The van der Waals surface area contributed by atoms with Gasteiger partial charge in [-0.15, -0.1) is 0 Å². The molecule has 2 aromatic heterocycles. The Balaban J connectivity index is 2.28. The molecule has 0 radical (unpaired) electrons. The van der Waals surface area contributed by atoms with Gasteiger partial charge in [0.25, 0.3) is 5.91 Å². The third-order valence-corrected chi connectivity index (χ3v) is 2.93. The average molecular weight is 342 g/mol. The van der Waals surface area contributed by atoms with E-state index in [9.17, 15) is 4.79 Å². The quantitative estimate of drug-likeness (QED) is 0.791. The lowest BCUT2D eigenvalue weighted by molar-refractivity contribution is 0.102. The molecule has 0 atom stereocenters. The van der Waals surface area contributed by atoms with Crippen molar-refractivity contribution in [1.82, 2.24) is 20.0 Å². The summed E-state index contributed by atoms with van der Waals surface area (Å²) in [7, 11) is 1.65. The van der Waals surface area contributed by atoms with Crippen LogP contribution < -0.4 is 5.32 Å². The van der Waals surface area contributed by atoms with E-state index in [1.807, 2.05) is 28.7 Å². The van der Waals surface area contributed by atoms with E-state index in [0.717, 1.165) is 0 Å². The van der Waals surface area contributed by atoms with Gasteiger partial charge in [0.05, 0.1) is 16.0 Å². The number of nitriles is 1. The van der Waals surface area contributed by atoms with Crippen molar-refractivity contribution >= 4 is 34.3 Å². The largest absolute Gasteiger partial charge is 0.304 e. The van der Waals surface area contributed by atoms with E-state index in [1.165, 1.54) is 10.9 Å². The molecule has 7 nitrogen and oxygen atoms in total. The van der Waals surface area contributed by atoms with E-state index in [0.29, 0.717) is 20.6 Å². The number of aromatic nitrogens is 4. The highest BCUT2D eigenvalue weighted by Crippen LogP contribution is 2.15. The molecule has 2 aromatic rings. The topological polar surface area (TPSA) is 99.4 Å². The summed E-state index contributed by atoms with van der Waals surface area (Å²) in [5, 5.41) is 21.7. The molecule has 0 saturated heterocycles. The molecular formula is C9H7IN6O. The summed E-state index contributed by atoms with van der Waals surface area (Å²) < 4.78 is 2.14. The molecule has 2 heterocycles. The maximum atomic E-state index is 11.9.